The van der Waals surface area contributed by atoms with Gasteiger partial charge in [-0.3, -0.25) is 0 Å². The molecule has 0 aliphatic heterocycles. The average molecular weight is 374 g/mol. The van der Waals surface area contributed by atoms with Gasteiger partial charge in [0.05, 0.1) is 0 Å². The zero-order chi connectivity index (χ0) is 21.6. The maximum absolute atomic E-state index is 8.81. The van der Waals surface area contributed by atoms with Crippen molar-refractivity contribution in [1.82, 2.24) is 0 Å². The molecule has 1 heterocycles. The van der Waals surface area contributed by atoms with Crippen LogP contribution in [0.5, 0.6) is 0 Å². The summed E-state index contributed by atoms with van der Waals surface area (Å²) in [7, 11) is 1.99. The summed E-state index contributed by atoms with van der Waals surface area (Å²) in [6.07, 6.45) is 0.534. The highest BCUT2D eigenvalue weighted by molar-refractivity contribution is 5.67. The van der Waals surface area contributed by atoms with Crippen LogP contribution in [0.1, 0.15) is 59.6 Å². The standard InChI is InChI=1S/C27H34N/c1-19-9-13-23(27(5,6)7)17-24(19)25-16-12-21(18-28(25)8)20-10-14-22(15-11-20)26(2,3)4/h9-18H,1-8H3/q+1/i18D. The van der Waals surface area contributed by atoms with Crippen LogP contribution in [0.15, 0.2) is 60.8 Å². The molecular formula is C27H34N+. The predicted octanol–water partition coefficient (Wildman–Crippen LogP) is 6.75. The van der Waals surface area contributed by atoms with Crippen molar-refractivity contribution in [2.45, 2.75) is 59.3 Å². The Labute approximate surface area is 172 Å². The van der Waals surface area contributed by atoms with E-state index in [0.717, 1.165) is 16.8 Å². The van der Waals surface area contributed by atoms with Crippen LogP contribution < -0.4 is 4.57 Å². The minimum Gasteiger partial charge on any atom is -0.200 e. The number of aromatic nitrogens is 1. The van der Waals surface area contributed by atoms with E-state index in [1.165, 1.54) is 22.3 Å². The van der Waals surface area contributed by atoms with Gasteiger partial charge in [-0.25, -0.2) is 4.57 Å². The molecule has 0 atom stereocenters. The molecule has 0 unspecified atom stereocenters. The largest absolute Gasteiger partial charge is 0.212 e. The van der Waals surface area contributed by atoms with Crippen LogP contribution in [0.25, 0.3) is 22.4 Å². The highest BCUT2D eigenvalue weighted by Crippen LogP contribution is 2.30. The topological polar surface area (TPSA) is 3.88 Å². The lowest BCUT2D eigenvalue weighted by atomic mass is 9.84. The molecule has 1 nitrogen and oxygen atoms in total. The fourth-order valence-corrected chi connectivity index (χ4v) is 3.50. The molecule has 0 aliphatic rings. The zero-order valence-corrected chi connectivity index (χ0v) is 18.6. The lowest BCUT2D eigenvalue weighted by Crippen LogP contribution is -2.31. The van der Waals surface area contributed by atoms with Crippen molar-refractivity contribution in [3.05, 3.63) is 77.5 Å². The maximum Gasteiger partial charge on any atom is 0.212 e. The number of pyridine rings is 1. The Bertz CT molecular complexity index is 1030. The maximum atomic E-state index is 8.81. The Hall–Kier alpha value is -2.41. The fraction of sp³-hybridized carbons (Fsp3) is 0.370. The first-order valence-electron chi connectivity index (χ1n) is 10.6. The minimum absolute atomic E-state index is 0.0968. The molecule has 1 aromatic heterocycles. The van der Waals surface area contributed by atoms with E-state index in [9.17, 15) is 0 Å². The lowest BCUT2D eigenvalue weighted by molar-refractivity contribution is -0.659. The lowest BCUT2D eigenvalue weighted by Gasteiger charge is -2.20. The van der Waals surface area contributed by atoms with E-state index in [4.69, 9.17) is 1.37 Å². The molecule has 0 bridgehead atoms. The van der Waals surface area contributed by atoms with Gasteiger partial charge in [0.15, 0.2) is 6.17 Å². The van der Waals surface area contributed by atoms with Gasteiger partial charge in [0.1, 0.15) is 8.42 Å². The van der Waals surface area contributed by atoms with Gasteiger partial charge >= 0.3 is 0 Å². The summed E-state index contributed by atoms with van der Waals surface area (Å²) in [6.45, 7) is 15.5. The van der Waals surface area contributed by atoms with Crippen molar-refractivity contribution in [1.29, 1.82) is 0 Å². The third-order valence-electron chi connectivity index (χ3n) is 5.50. The second-order valence-electron chi connectivity index (χ2n) is 9.91. The molecule has 0 spiro atoms. The minimum atomic E-state index is 0.0968. The molecule has 0 saturated carbocycles. The molecule has 0 aliphatic carbocycles. The molecule has 0 fully saturated rings. The van der Waals surface area contributed by atoms with Crippen molar-refractivity contribution in [3.8, 4) is 22.4 Å². The molecule has 3 rings (SSSR count). The van der Waals surface area contributed by atoms with Crippen LogP contribution in [0.3, 0.4) is 0 Å². The number of nitrogens with zero attached hydrogens (tertiary/aromatic N) is 1. The second kappa shape index (κ2) is 7.20. The van der Waals surface area contributed by atoms with E-state index in [2.05, 4.69) is 103 Å². The Morgan fingerprint density at radius 1 is 0.714 bits per heavy atom. The SMILES string of the molecule is [2H]c1c(-c2ccc(C(C)(C)C)cc2)ccc(-c2cc(C(C)(C)C)ccc2C)[n+]1C. The van der Waals surface area contributed by atoms with E-state index in [1.54, 1.807) is 0 Å². The Balaban J connectivity index is 2.08. The molecule has 0 saturated heterocycles. The highest BCUT2D eigenvalue weighted by Gasteiger charge is 2.19. The van der Waals surface area contributed by atoms with Crippen LogP contribution in [0, 0.1) is 6.92 Å². The van der Waals surface area contributed by atoms with Gasteiger partial charge < -0.3 is 0 Å². The van der Waals surface area contributed by atoms with Crippen molar-refractivity contribution in [3.63, 3.8) is 0 Å². The molecule has 0 radical (unpaired) electrons. The Morgan fingerprint density at radius 2 is 1.25 bits per heavy atom. The zero-order valence-electron chi connectivity index (χ0n) is 19.6. The molecule has 1 heteroatoms. The first kappa shape index (κ1) is 18.9. The van der Waals surface area contributed by atoms with Gasteiger partial charge in [-0.1, -0.05) is 77.9 Å². The third-order valence-corrected chi connectivity index (χ3v) is 5.50. The molecular weight excluding hydrogens is 338 g/mol. The third kappa shape index (κ3) is 4.19. The molecule has 0 amide bonds. The summed E-state index contributed by atoms with van der Waals surface area (Å²) < 4.78 is 10.8. The Kier molecular flexibility index (Phi) is 4.87. The van der Waals surface area contributed by atoms with E-state index < -0.39 is 0 Å². The summed E-state index contributed by atoms with van der Waals surface area (Å²) >= 11 is 0. The highest BCUT2D eigenvalue weighted by atomic mass is 14.9. The molecule has 2 aromatic carbocycles. The van der Waals surface area contributed by atoms with Crippen LogP contribution in [0.2, 0.25) is 0 Å². The van der Waals surface area contributed by atoms with Crippen molar-refractivity contribution in [2.24, 2.45) is 7.05 Å². The van der Waals surface area contributed by atoms with Crippen LogP contribution in [-0.2, 0) is 17.9 Å². The summed E-state index contributed by atoms with van der Waals surface area (Å²) in [5.74, 6) is 0. The average Bonchev–Trinajstić information content (AvgIpc) is 2.63. The van der Waals surface area contributed by atoms with E-state index >= 15 is 0 Å². The second-order valence-corrected chi connectivity index (χ2v) is 9.91. The number of benzene rings is 2. The first-order valence-corrected chi connectivity index (χ1v) is 10.1. The van der Waals surface area contributed by atoms with Gasteiger partial charge in [-0.15, -0.1) is 0 Å². The van der Waals surface area contributed by atoms with Gasteiger partial charge in [0.25, 0.3) is 0 Å². The number of hydrogen-bond donors (Lipinski definition) is 0. The quantitative estimate of drug-likeness (QED) is 0.437. The summed E-state index contributed by atoms with van der Waals surface area (Å²) in [4.78, 5) is 0. The molecule has 146 valence electrons. The van der Waals surface area contributed by atoms with Crippen molar-refractivity contribution < 1.29 is 5.94 Å². The fourth-order valence-electron chi connectivity index (χ4n) is 3.50. The van der Waals surface area contributed by atoms with Crippen molar-refractivity contribution >= 4 is 0 Å². The Morgan fingerprint density at radius 3 is 1.82 bits per heavy atom. The van der Waals surface area contributed by atoms with Crippen LogP contribution in [-0.4, -0.2) is 0 Å². The van der Waals surface area contributed by atoms with Crippen molar-refractivity contribution in [2.75, 3.05) is 0 Å². The molecule has 0 N–H and O–H groups in total. The van der Waals surface area contributed by atoms with Gasteiger partial charge in [-0.2, -0.15) is 0 Å². The van der Waals surface area contributed by atoms with Gasteiger partial charge in [0, 0.05) is 17.2 Å². The van der Waals surface area contributed by atoms with Crippen LogP contribution in [0.4, 0.5) is 0 Å². The first-order chi connectivity index (χ1) is 13.4. The van der Waals surface area contributed by atoms with Gasteiger partial charge in [0.2, 0.25) is 5.69 Å². The van der Waals surface area contributed by atoms with E-state index in [-0.39, 0.29) is 10.8 Å². The van der Waals surface area contributed by atoms with Gasteiger partial charge in [-0.05, 0) is 52.1 Å². The molecule has 3 aromatic rings. The monoisotopic (exact) mass is 373 g/mol. The summed E-state index contributed by atoms with van der Waals surface area (Å²) in [6, 6.07) is 19.6. The summed E-state index contributed by atoms with van der Waals surface area (Å²) in [5, 5.41) is 0. The number of hydrogen-bond acceptors (Lipinski definition) is 0. The molecule has 28 heavy (non-hydrogen) atoms. The van der Waals surface area contributed by atoms with Crippen LogP contribution >= 0.6 is 0 Å². The summed E-state index contributed by atoms with van der Waals surface area (Å²) in [5.41, 5.74) is 8.40. The smallest absolute Gasteiger partial charge is 0.200 e. The van der Waals surface area contributed by atoms with E-state index in [0.29, 0.717) is 6.17 Å². The predicted molar refractivity (Wildman–Crippen MR) is 121 cm³/mol. The number of aryl methyl sites for hydroxylation is 1. The normalized spacial score (nSPS) is 12.8. The van der Waals surface area contributed by atoms with E-state index in [1.807, 2.05) is 11.6 Å². The number of rotatable bonds is 2.